The lowest BCUT2D eigenvalue weighted by Crippen LogP contribution is -2.11. The Morgan fingerprint density at radius 1 is 1.12 bits per heavy atom. The molecule has 2 N–H and O–H groups in total. The van der Waals surface area contributed by atoms with E-state index in [1.807, 2.05) is 0 Å². The zero-order valence-corrected chi connectivity index (χ0v) is 13.5. The van der Waals surface area contributed by atoms with Gasteiger partial charge in [0.25, 0.3) is 0 Å². The summed E-state index contributed by atoms with van der Waals surface area (Å²) >= 11 is 0. The summed E-state index contributed by atoms with van der Waals surface area (Å²) in [4.78, 5) is -0.133. The summed E-state index contributed by atoms with van der Waals surface area (Å²) in [7, 11) is -3.85. The number of rotatable bonds is 4. The summed E-state index contributed by atoms with van der Waals surface area (Å²) < 4.78 is 64.3. The lowest BCUT2D eigenvalue weighted by atomic mass is 9.99. The molecule has 3 rings (SSSR count). The fraction of sp³-hybridized carbons (Fsp3) is 0.188. The van der Waals surface area contributed by atoms with E-state index in [9.17, 15) is 21.6 Å². The van der Waals surface area contributed by atoms with Crippen molar-refractivity contribution in [3.63, 3.8) is 0 Å². The van der Waals surface area contributed by atoms with Gasteiger partial charge in [-0.2, -0.15) is 18.3 Å². The van der Waals surface area contributed by atoms with Crippen LogP contribution >= 0.6 is 0 Å². The zero-order valence-electron chi connectivity index (χ0n) is 12.7. The van der Waals surface area contributed by atoms with Gasteiger partial charge in [-0.3, -0.25) is 5.10 Å². The van der Waals surface area contributed by atoms with Crippen LogP contribution in [0.2, 0.25) is 0 Å². The molecule has 0 aliphatic heterocycles. The largest absolute Gasteiger partial charge is 0.416 e. The van der Waals surface area contributed by atoms with Crippen LogP contribution in [0.15, 0.2) is 47.5 Å². The van der Waals surface area contributed by atoms with Gasteiger partial charge in [0.15, 0.2) is 9.84 Å². The number of aliphatic hydroxyl groups excluding tert-OH is 1. The molecule has 25 heavy (non-hydrogen) atoms. The first-order valence-corrected chi connectivity index (χ1v) is 8.86. The highest BCUT2D eigenvalue weighted by Crippen LogP contribution is 2.38. The summed E-state index contributed by atoms with van der Waals surface area (Å²) in [6.45, 7) is -0.583. The van der Waals surface area contributed by atoms with Crippen molar-refractivity contribution in [2.45, 2.75) is 11.1 Å². The third-order valence-corrected chi connectivity index (χ3v) is 5.50. The number of aromatic nitrogens is 2. The molecule has 0 saturated heterocycles. The van der Waals surface area contributed by atoms with Crippen molar-refractivity contribution in [3.8, 4) is 11.1 Å². The van der Waals surface area contributed by atoms with Crippen molar-refractivity contribution in [1.82, 2.24) is 10.2 Å². The van der Waals surface area contributed by atoms with Gasteiger partial charge >= 0.3 is 6.18 Å². The third kappa shape index (κ3) is 3.24. The number of benzene rings is 2. The van der Waals surface area contributed by atoms with Crippen LogP contribution in [0.5, 0.6) is 0 Å². The van der Waals surface area contributed by atoms with Crippen molar-refractivity contribution in [1.29, 1.82) is 0 Å². The molecular weight excluding hydrogens is 357 g/mol. The molecule has 0 aliphatic carbocycles. The van der Waals surface area contributed by atoms with Crippen molar-refractivity contribution in [2.75, 3.05) is 12.4 Å². The number of nitrogens with one attached hydrogen (secondary N) is 1. The lowest BCUT2D eigenvalue weighted by molar-refractivity contribution is -0.137. The van der Waals surface area contributed by atoms with E-state index in [4.69, 9.17) is 5.11 Å². The van der Waals surface area contributed by atoms with Gasteiger partial charge in [0.05, 0.1) is 34.5 Å². The molecule has 1 aromatic heterocycles. The molecule has 0 unspecified atom stereocenters. The van der Waals surface area contributed by atoms with E-state index in [2.05, 4.69) is 10.2 Å². The highest BCUT2D eigenvalue weighted by atomic mass is 32.2. The zero-order chi connectivity index (χ0) is 18.2. The molecule has 9 heteroatoms. The Labute approximate surface area is 141 Å². The molecule has 2 aromatic carbocycles. The van der Waals surface area contributed by atoms with Crippen LogP contribution in [0.3, 0.4) is 0 Å². The van der Waals surface area contributed by atoms with E-state index < -0.39 is 33.9 Å². The van der Waals surface area contributed by atoms with Gasteiger partial charge in [0.2, 0.25) is 0 Å². The highest BCUT2D eigenvalue weighted by molar-refractivity contribution is 7.91. The summed E-state index contributed by atoms with van der Waals surface area (Å²) in [5, 5.41) is 15.6. The summed E-state index contributed by atoms with van der Waals surface area (Å²) in [6.07, 6.45) is -3.24. The Morgan fingerprint density at radius 3 is 2.52 bits per heavy atom. The summed E-state index contributed by atoms with van der Waals surface area (Å²) in [6, 6.07) is 7.61. The van der Waals surface area contributed by atoms with E-state index in [1.165, 1.54) is 24.4 Å². The molecule has 5 nitrogen and oxygen atoms in total. The van der Waals surface area contributed by atoms with Crippen LogP contribution < -0.4 is 0 Å². The van der Waals surface area contributed by atoms with Gasteiger partial charge in [0, 0.05) is 10.9 Å². The molecule has 0 radical (unpaired) electrons. The molecule has 0 bridgehead atoms. The molecule has 0 fully saturated rings. The minimum absolute atomic E-state index is 0.107. The second-order valence-electron chi connectivity index (χ2n) is 5.39. The molecule has 3 aromatic rings. The number of aromatic amines is 1. The molecule has 0 saturated carbocycles. The quantitative estimate of drug-likeness (QED) is 0.740. The molecule has 0 atom stereocenters. The number of H-pyrrole nitrogens is 1. The molecular formula is C16H13F3N2O3S. The molecule has 132 valence electrons. The maximum absolute atomic E-state index is 13.2. The Morgan fingerprint density at radius 2 is 1.84 bits per heavy atom. The van der Waals surface area contributed by atoms with Gasteiger partial charge in [-0.1, -0.05) is 18.2 Å². The van der Waals surface area contributed by atoms with Crippen LogP contribution in [0.25, 0.3) is 22.0 Å². The first-order valence-electron chi connectivity index (χ1n) is 7.21. The van der Waals surface area contributed by atoms with Gasteiger partial charge in [-0.05, 0) is 23.8 Å². The number of halogens is 3. The number of aliphatic hydroxyl groups is 1. The number of nitrogens with zero attached hydrogens (tertiary/aromatic N) is 1. The number of alkyl halides is 3. The Hall–Kier alpha value is -2.39. The monoisotopic (exact) mass is 370 g/mol. The standard InChI is InChI=1S/C16H13F3N2O3S/c17-16(18,19)10-7-12(13-9-20-21-14(13)8-10)11-3-1-2-4-15(11)25(23,24)6-5-22/h1-4,7-9,22H,5-6H2,(H,20,21). The number of fused-ring (bicyclic) bond motifs is 1. The maximum Gasteiger partial charge on any atom is 0.416 e. The average molecular weight is 370 g/mol. The third-order valence-electron chi connectivity index (χ3n) is 3.76. The van der Waals surface area contributed by atoms with Gasteiger partial charge in [-0.15, -0.1) is 0 Å². The summed E-state index contributed by atoms with van der Waals surface area (Å²) in [5.74, 6) is -0.516. The van der Waals surface area contributed by atoms with Gasteiger partial charge in [0.1, 0.15) is 0 Å². The van der Waals surface area contributed by atoms with E-state index >= 15 is 0 Å². The number of sulfone groups is 1. The van der Waals surface area contributed by atoms with Crippen LogP contribution in [0, 0.1) is 0 Å². The van der Waals surface area contributed by atoms with Crippen molar-refractivity contribution in [3.05, 3.63) is 48.2 Å². The SMILES string of the molecule is O=S(=O)(CCO)c1ccccc1-c1cc(C(F)(F)F)cc2[nH]ncc12. The fourth-order valence-corrected chi connectivity index (χ4v) is 3.89. The minimum atomic E-state index is -4.59. The predicted molar refractivity (Wildman–Crippen MR) is 85.7 cm³/mol. The Kier molecular flexibility index (Phi) is 4.29. The van der Waals surface area contributed by atoms with E-state index in [0.717, 1.165) is 12.1 Å². The normalized spacial score (nSPS) is 12.6. The first-order chi connectivity index (χ1) is 11.7. The number of hydrogen-bond donors (Lipinski definition) is 2. The minimum Gasteiger partial charge on any atom is -0.395 e. The fourth-order valence-electron chi connectivity index (χ4n) is 2.63. The Balaban J connectivity index is 2.33. The predicted octanol–water partition coefficient (Wildman–Crippen LogP) is 3.01. The smallest absolute Gasteiger partial charge is 0.395 e. The van der Waals surface area contributed by atoms with Crippen LogP contribution in [0.1, 0.15) is 5.56 Å². The Bertz CT molecular complexity index is 1030. The van der Waals surface area contributed by atoms with Gasteiger partial charge < -0.3 is 5.11 Å². The topological polar surface area (TPSA) is 83.0 Å². The van der Waals surface area contributed by atoms with Crippen LogP contribution in [-0.2, 0) is 16.0 Å². The lowest BCUT2D eigenvalue weighted by Gasteiger charge is -2.14. The molecule has 0 amide bonds. The maximum atomic E-state index is 13.2. The second-order valence-corrected chi connectivity index (χ2v) is 7.47. The van der Waals surface area contributed by atoms with E-state index in [1.54, 1.807) is 6.07 Å². The average Bonchev–Trinajstić information content (AvgIpc) is 3.01. The van der Waals surface area contributed by atoms with Crippen molar-refractivity contribution < 1.29 is 26.7 Å². The van der Waals surface area contributed by atoms with Gasteiger partial charge in [-0.25, -0.2) is 8.42 Å². The van der Waals surface area contributed by atoms with Crippen molar-refractivity contribution >= 4 is 20.7 Å². The number of hydrogen-bond acceptors (Lipinski definition) is 4. The molecule has 1 heterocycles. The van der Waals surface area contributed by atoms with Crippen LogP contribution in [0.4, 0.5) is 13.2 Å². The molecule has 0 aliphatic rings. The second kappa shape index (κ2) is 6.16. The van der Waals surface area contributed by atoms with Crippen LogP contribution in [-0.4, -0.2) is 36.1 Å². The van der Waals surface area contributed by atoms with Crippen molar-refractivity contribution in [2.24, 2.45) is 0 Å². The van der Waals surface area contributed by atoms with E-state index in [-0.39, 0.29) is 21.5 Å². The van der Waals surface area contributed by atoms with E-state index in [0.29, 0.717) is 5.39 Å². The first kappa shape index (κ1) is 17.4. The molecule has 0 spiro atoms. The summed E-state index contributed by atoms with van der Waals surface area (Å²) in [5.41, 5.74) is -0.517. The highest BCUT2D eigenvalue weighted by Gasteiger charge is 2.32.